The Morgan fingerprint density at radius 2 is 1.65 bits per heavy atom. The quantitative estimate of drug-likeness (QED) is 0.863. The van der Waals surface area contributed by atoms with Crippen LogP contribution in [-0.4, -0.2) is 29.0 Å². The standard InChI is InChI=1S/C14H19NO2/c16-11-13-6-4-12(5-7-13)10-14(17)15-8-2-1-3-9-15/h4-7,16H,1-3,8-11H2. The zero-order chi connectivity index (χ0) is 12.1. The third-order valence-electron chi connectivity index (χ3n) is 3.27. The van der Waals surface area contributed by atoms with Gasteiger partial charge in [-0.05, 0) is 30.4 Å². The van der Waals surface area contributed by atoms with E-state index in [1.807, 2.05) is 29.2 Å². The van der Waals surface area contributed by atoms with Crippen molar-refractivity contribution in [3.63, 3.8) is 0 Å². The third-order valence-corrected chi connectivity index (χ3v) is 3.27. The molecule has 0 aromatic heterocycles. The summed E-state index contributed by atoms with van der Waals surface area (Å²) in [5, 5.41) is 8.94. The van der Waals surface area contributed by atoms with Crippen molar-refractivity contribution in [3.8, 4) is 0 Å². The second-order valence-corrected chi connectivity index (χ2v) is 4.59. The molecule has 1 fully saturated rings. The van der Waals surface area contributed by atoms with Crippen LogP contribution >= 0.6 is 0 Å². The van der Waals surface area contributed by atoms with E-state index in [1.54, 1.807) is 0 Å². The predicted octanol–water partition coefficient (Wildman–Crippen LogP) is 1.73. The second kappa shape index (κ2) is 5.82. The van der Waals surface area contributed by atoms with Crippen LogP contribution in [0.3, 0.4) is 0 Å². The van der Waals surface area contributed by atoms with Crippen molar-refractivity contribution in [1.82, 2.24) is 4.90 Å². The molecule has 1 aliphatic rings. The van der Waals surface area contributed by atoms with Crippen molar-refractivity contribution in [3.05, 3.63) is 35.4 Å². The van der Waals surface area contributed by atoms with Gasteiger partial charge in [-0.3, -0.25) is 4.79 Å². The van der Waals surface area contributed by atoms with E-state index < -0.39 is 0 Å². The zero-order valence-electron chi connectivity index (χ0n) is 10.1. The minimum atomic E-state index is 0.0559. The molecule has 1 N–H and O–H groups in total. The van der Waals surface area contributed by atoms with Gasteiger partial charge in [0.15, 0.2) is 0 Å². The molecule has 0 radical (unpaired) electrons. The Hall–Kier alpha value is -1.35. The van der Waals surface area contributed by atoms with Crippen LogP contribution in [0.25, 0.3) is 0 Å². The number of carbonyl (C=O) groups excluding carboxylic acids is 1. The van der Waals surface area contributed by atoms with Gasteiger partial charge in [0, 0.05) is 13.1 Å². The molecule has 1 aliphatic heterocycles. The van der Waals surface area contributed by atoms with Crippen LogP contribution < -0.4 is 0 Å². The topological polar surface area (TPSA) is 40.5 Å². The van der Waals surface area contributed by atoms with Gasteiger partial charge in [0.1, 0.15) is 0 Å². The highest BCUT2D eigenvalue weighted by molar-refractivity contribution is 5.78. The number of hydrogen-bond donors (Lipinski definition) is 1. The summed E-state index contributed by atoms with van der Waals surface area (Å²) in [6, 6.07) is 7.60. The molecule has 1 amide bonds. The summed E-state index contributed by atoms with van der Waals surface area (Å²) in [7, 11) is 0. The van der Waals surface area contributed by atoms with E-state index in [4.69, 9.17) is 5.11 Å². The molecule has 0 unspecified atom stereocenters. The number of aliphatic hydroxyl groups is 1. The highest BCUT2D eigenvalue weighted by Gasteiger charge is 2.16. The maximum atomic E-state index is 12.0. The van der Waals surface area contributed by atoms with Gasteiger partial charge in [-0.2, -0.15) is 0 Å². The van der Waals surface area contributed by atoms with E-state index in [9.17, 15) is 4.79 Å². The van der Waals surface area contributed by atoms with Crippen LogP contribution in [-0.2, 0) is 17.8 Å². The SMILES string of the molecule is O=C(Cc1ccc(CO)cc1)N1CCCCC1. The summed E-state index contributed by atoms with van der Waals surface area (Å²) in [5.74, 6) is 0.224. The van der Waals surface area contributed by atoms with Gasteiger partial charge in [-0.1, -0.05) is 24.3 Å². The van der Waals surface area contributed by atoms with E-state index in [0.717, 1.165) is 37.1 Å². The van der Waals surface area contributed by atoms with Crippen LogP contribution in [0, 0.1) is 0 Å². The summed E-state index contributed by atoms with van der Waals surface area (Å²) >= 11 is 0. The van der Waals surface area contributed by atoms with Crippen molar-refractivity contribution in [2.24, 2.45) is 0 Å². The molecule has 0 spiro atoms. The Labute approximate surface area is 102 Å². The number of likely N-dealkylation sites (tertiary alicyclic amines) is 1. The molecular formula is C14H19NO2. The summed E-state index contributed by atoms with van der Waals surface area (Å²) < 4.78 is 0. The van der Waals surface area contributed by atoms with Crippen LogP contribution in [0.5, 0.6) is 0 Å². The van der Waals surface area contributed by atoms with E-state index in [1.165, 1.54) is 6.42 Å². The fraction of sp³-hybridized carbons (Fsp3) is 0.500. The highest BCUT2D eigenvalue weighted by atomic mass is 16.3. The van der Waals surface area contributed by atoms with Crippen molar-refractivity contribution < 1.29 is 9.90 Å². The van der Waals surface area contributed by atoms with Gasteiger partial charge >= 0.3 is 0 Å². The zero-order valence-corrected chi connectivity index (χ0v) is 10.1. The van der Waals surface area contributed by atoms with Crippen LogP contribution in [0.4, 0.5) is 0 Å². The molecule has 0 bridgehead atoms. The first-order valence-corrected chi connectivity index (χ1v) is 6.26. The molecule has 0 saturated carbocycles. The Bertz CT molecular complexity index is 366. The summed E-state index contributed by atoms with van der Waals surface area (Å²) in [4.78, 5) is 14.0. The van der Waals surface area contributed by atoms with Crippen LogP contribution in [0.15, 0.2) is 24.3 Å². The molecule has 3 heteroatoms. The van der Waals surface area contributed by atoms with Crippen molar-refractivity contribution in [2.75, 3.05) is 13.1 Å². The van der Waals surface area contributed by atoms with Gasteiger partial charge in [-0.15, -0.1) is 0 Å². The lowest BCUT2D eigenvalue weighted by atomic mass is 10.1. The lowest BCUT2D eigenvalue weighted by Crippen LogP contribution is -2.36. The fourth-order valence-electron chi connectivity index (χ4n) is 2.19. The summed E-state index contributed by atoms with van der Waals surface area (Å²) in [5.41, 5.74) is 1.91. The van der Waals surface area contributed by atoms with E-state index in [0.29, 0.717) is 6.42 Å². The maximum Gasteiger partial charge on any atom is 0.226 e. The number of carbonyl (C=O) groups is 1. The van der Waals surface area contributed by atoms with Gasteiger partial charge in [0.2, 0.25) is 5.91 Å². The number of amides is 1. The molecule has 0 atom stereocenters. The first-order valence-electron chi connectivity index (χ1n) is 6.26. The van der Waals surface area contributed by atoms with Gasteiger partial charge in [0.25, 0.3) is 0 Å². The van der Waals surface area contributed by atoms with E-state index in [-0.39, 0.29) is 12.5 Å². The molecular weight excluding hydrogens is 214 g/mol. The predicted molar refractivity (Wildman–Crippen MR) is 66.5 cm³/mol. The van der Waals surface area contributed by atoms with E-state index >= 15 is 0 Å². The Morgan fingerprint density at radius 3 is 2.24 bits per heavy atom. The largest absolute Gasteiger partial charge is 0.392 e. The number of piperidine rings is 1. The van der Waals surface area contributed by atoms with Crippen LogP contribution in [0.2, 0.25) is 0 Å². The van der Waals surface area contributed by atoms with Crippen molar-refractivity contribution in [1.29, 1.82) is 0 Å². The average Bonchev–Trinajstić information content (AvgIpc) is 2.40. The average molecular weight is 233 g/mol. The molecule has 1 aromatic rings. The molecule has 0 aliphatic carbocycles. The maximum absolute atomic E-state index is 12.0. The Kier molecular flexibility index (Phi) is 4.15. The van der Waals surface area contributed by atoms with Gasteiger partial charge < -0.3 is 10.0 Å². The number of nitrogens with zero attached hydrogens (tertiary/aromatic N) is 1. The third kappa shape index (κ3) is 3.30. The lowest BCUT2D eigenvalue weighted by molar-refractivity contribution is -0.131. The first-order chi connectivity index (χ1) is 8.29. The lowest BCUT2D eigenvalue weighted by Gasteiger charge is -2.26. The van der Waals surface area contributed by atoms with Gasteiger partial charge in [0.05, 0.1) is 13.0 Å². The first kappa shape index (κ1) is 12.1. The fourth-order valence-corrected chi connectivity index (χ4v) is 2.19. The summed E-state index contributed by atoms with van der Waals surface area (Å²) in [6.45, 7) is 1.88. The number of rotatable bonds is 3. The molecule has 17 heavy (non-hydrogen) atoms. The monoisotopic (exact) mass is 233 g/mol. The van der Waals surface area contributed by atoms with Crippen molar-refractivity contribution in [2.45, 2.75) is 32.3 Å². The second-order valence-electron chi connectivity index (χ2n) is 4.59. The number of benzene rings is 1. The molecule has 92 valence electrons. The molecule has 1 heterocycles. The normalized spacial score (nSPS) is 15.9. The Balaban J connectivity index is 1.92. The molecule has 2 rings (SSSR count). The molecule has 3 nitrogen and oxygen atoms in total. The highest BCUT2D eigenvalue weighted by Crippen LogP contribution is 2.12. The minimum absolute atomic E-state index is 0.0559. The molecule has 1 aromatic carbocycles. The number of aliphatic hydroxyl groups excluding tert-OH is 1. The van der Waals surface area contributed by atoms with E-state index in [2.05, 4.69) is 0 Å². The summed E-state index contributed by atoms with van der Waals surface area (Å²) in [6.07, 6.45) is 3.99. The Morgan fingerprint density at radius 1 is 1.06 bits per heavy atom. The van der Waals surface area contributed by atoms with Gasteiger partial charge in [-0.25, -0.2) is 0 Å². The smallest absolute Gasteiger partial charge is 0.226 e. The molecule has 1 saturated heterocycles. The van der Waals surface area contributed by atoms with Crippen LogP contribution in [0.1, 0.15) is 30.4 Å². The van der Waals surface area contributed by atoms with Crippen molar-refractivity contribution >= 4 is 5.91 Å². The number of hydrogen-bond acceptors (Lipinski definition) is 2. The minimum Gasteiger partial charge on any atom is -0.392 e.